The maximum Gasteiger partial charge on any atom is 0.230 e. The molecule has 0 aliphatic carbocycles. The number of hydrogen-bond donors (Lipinski definition) is 2. The number of carbonyl (C=O) groups excluding carboxylic acids is 1. The second kappa shape index (κ2) is 8.32. The maximum absolute atomic E-state index is 11.9. The van der Waals surface area contributed by atoms with Crippen LogP contribution < -0.4 is 5.32 Å². The number of amides is 1. The van der Waals surface area contributed by atoms with Gasteiger partial charge in [-0.1, -0.05) is 32.0 Å². The fraction of sp³-hybridized carbons (Fsp3) is 0.562. The number of rotatable bonds is 8. The molecule has 0 bridgehead atoms. The molecule has 0 spiro atoms. The van der Waals surface area contributed by atoms with E-state index in [0.717, 1.165) is 17.7 Å². The molecule has 0 atom stereocenters. The van der Waals surface area contributed by atoms with Gasteiger partial charge in [-0.15, -0.1) is 11.8 Å². The van der Waals surface area contributed by atoms with E-state index in [1.165, 1.54) is 5.56 Å². The van der Waals surface area contributed by atoms with Crippen LogP contribution >= 0.6 is 11.8 Å². The molecule has 1 amide bonds. The molecule has 20 heavy (non-hydrogen) atoms. The third-order valence-electron chi connectivity index (χ3n) is 3.95. The summed E-state index contributed by atoms with van der Waals surface area (Å²) < 4.78 is 0. The molecule has 1 rings (SSSR count). The zero-order chi connectivity index (χ0) is 15.0. The SMILES string of the molecule is CCC(CC)(CO)CNC(=O)CSc1ccccc1C. The second-order valence-electron chi connectivity index (χ2n) is 5.20. The quantitative estimate of drug-likeness (QED) is 0.725. The lowest BCUT2D eigenvalue weighted by Gasteiger charge is -2.29. The molecule has 0 aliphatic rings. The number of nitrogens with one attached hydrogen (secondary N) is 1. The van der Waals surface area contributed by atoms with E-state index in [1.54, 1.807) is 11.8 Å². The highest BCUT2D eigenvalue weighted by Gasteiger charge is 2.25. The lowest BCUT2D eigenvalue weighted by molar-refractivity contribution is -0.119. The van der Waals surface area contributed by atoms with E-state index < -0.39 is 0 Å². The van der Waals surface area contributed by atoms with Crippen LogP contribution in [0.4, 0.5) is 0 Å². The van der Waals surface area contributed by atoms with Gasteiger partial charge < -0.3 is 10.4 Å². The molecule has 0 aromatic heterocycles. The van der Waals surface area contributed by atoms with Gasteiger partial charge >= 0.3 is 0 Å². The summed E-state index contributed by atoms with van der Waals surface area (Å²) in [5.41, 5.74) is 1.01. The minimum atomic E-state index is -0.178. The van der Waals surface area contributed by atoms with E-state index >= 15 is 0 Å². The monoisotopic (exact) mass is 295 g/mol. The highest BCUT2D eigenvalue weighted by atomic mass is 32.2. The predicted octanol–water partition coefficient (Wildman–Crippen LogP) is 3.00. The van der Waals surface area contributed by atoms with Crippen molar-refractivity contribution in [2.75, 3.05) is 18.9 Å². The van der Waals surface area contributed by atoms with Crippen LogP contribution in [0.2, 0.25) is 0 Å². The number of carbonyl (C=O) groups is 1. The first-order valence-electron chi connectivity index (χ1n) is 7.13. The van der Waals surface area contributed by atoms with Gasteiger partial charge in [0.2, 0.25) is 5.91 Å². The average Bonchev–Trinajstić information content (AvgIpc) is 2.48. The fourth-order valence-electron chi connectivity index (χ4n) is 1.98. The molecule has 2 N–H and O–H groups in total. The van der Waals surface area contributed by atoms with Crippen molar-refractivity contribution in [2.24, 2.45) is 5.41 Å². The molecule has 0 saturated carbocycles. The summed E-state index contributed by atoms with van der Waals surface area (Å²) in [6, 6.07) is 8.06. The van der Waals surface area contributed by atoms with E-state index in [1.807, 2.05) is 45.0 Å². The molecule has 4 heteroatoms. The predicted molar refractivity (Wildman–Crippen MR) is 85.0 cm³/mol. The zero-order valence-corrected chi connectivity index (χ0v) is 13.4. The van der Waals surface area contributed by atoms with Crippen LogP contribution in [0.5, 0.6) is 0 Å². The normalized spacial score (nSPS) is 11.4. The Labute approximate surface area is 126 Å². The lowest BCUT2D eigenvalue weighted by Crippen LogP contribution is -2.40. The van der Waals surface area contributed by atoms with Gasteiger partial charge in [0, 0.05) is 16.9 Å². The third-order valence-corrected chi connectivity index (χ3v) is 5.12. The van der Waals surface area contributed by atoms with Crippen molar-refractivity contribution in [3.05, 3.63) is 29.8 Å². The van der Waals surface area contributed by atoms with Gasteiger partial charge in [-0.05, 0) is 31.4 Å². The summed E-state index contributed by atoms with van der Waals surface area (Å²) in [7, 11) is 0. The van der Waals surface area contributed by atoms with Crippen LogP contribution in [-0.4, -0.2) is 29.9 Å². The number of aliphatic hydroxyl groups is 1. The Balaban J connectivity index is 2.43. The Kier molecular flexibility index (Phi) is 7.10. The molecule has 3 nitrogen and oxygen atoms in total. The maximum atomic E-state index is 11.9. The fourth-order valence-corrected chi connectivity index (χ4v) is 2.84. The Hall–Kier alpha value is -1.00. The Morgan fingerprint density at radius 3 is 2.50 bits per heavy atom. The van der Waals surface area contributed by atoms with Crippen LogP contribution in [0.1, 0.15) is 32.3 Å². The molecule has 0 unspecified atom stereocenters. The highest BCUT2D eigenvalue weighted by Crippen LogP contribution is 2.25. The first-order valence-corrected chi connectivity index (χ1v) is 8.11. The number of thioether (sulfide) groups is 1. The Bertz CT molecular complexity index is 422. The summed E-state index contributed by atoms with van der Waals surface area (Å²) in [5, 5.41) is 12.4. The minimum Gasteiger partial charge on any atom is -0.396 e. The smallest absolute Gasteiger partial charge is 0.230 e. The molecular formula is C16H25NO2S. The van der Waals surface area contributed by atoms with Gasteiger partial charge in [-0.3, -0.25) is 4.79 Å². The van der Waals surface area contributed by atoms with Gasteiger partial charge in [0.1, 0.15) is 0 Å². The molecule has 0 aliphatic heterocycles. The van der Waals surface area contributed by atoms with Crippen LogP contribution in [-0.2, 0) is 4.79 Å². The van der Waals surface area contributed by atoms with Crippen molar-refractivity contribution in [1.29, 1.82) is 0 Å². The first kappa shape index (κ1) is 17.1. The minimum absolute atomic E-state index is 0.0259. The number of hydrogen-bond acceptors (Lipinski definition) is 3. The largest absolute Gasteiger partial charge is 0.396 e. The van der Waals surface area contributed by atoms with Crippen molar-refractivity contribution < 1.29 is 9.90 Å². The molecular weight excluding hydrogens is 270 g/mol. The molecule has 0 heterocycles. The van der Waals surface area contributed by atoms with Crippen molar-refractivity contribution in [2.45, 2.75) is 38.5 Å². The van der Waals surface area contributed by atoms with Gasteiger partial charge in [0.15, 0.2) is 0 Å². The van der Waals surface area contributed by atoms with Crippen LogP contribution in [0.15, 0.2) is 29.2 Å². The van der Waals surface area contributed by atoms with Crippen molar-refractivity contribution >= 4 is 17.7 Å². The first-order chi connectivity index (χ1) is 9.56. The van der Waals surface area contributed by atoms with E-state index in [-0.39, 0.29) is 17.9 Å². The van der Waals surface area contributed by atoms with Gasteiger partial charge in [0.25, 0.3) is 0 Å². The van der Waals surface area contributed by atoms with Gasteiger partial charge in [0.05, 0.1) is 12.4 Å². The summed E-state index contributed by atoms with van der Waals surface area (Å²) in [6.45, 7) is 6.81. The molecule has 0 radical (unpaired) electrons. The summed E-state index contributed by atoms with van der Waals surface area (Å²) in [4.78, 5) is 13.0. The van der Waals surface area contributed by atoms with E-state index in [4.69, 9.17) is 0 Å². The number of aryl methyl sites for hydroxylation is 1. The summed E-state index contributed by atoms with van der Waals surface area (Å²) in [6.07, 6.45) is 1.73. The van der Waals surface area contributed by atoms with E-state index in [0.29, 0.717) is 12.3 Å². The second-order valence-corrected chi connectivity index (χ2v) is 6.21. The van der Waals surface area contributed by atoms with Crippen LogP contribution in [0.25, 0.3) is 0 Å². The highest BCUT2D eigenvalue weighted by molar-refractivity contribution is 8.00. The lowest BCUT2D eigenvalue weighted by atomic mass is 9.83. The number of benzene rings is 1. The number of aliphatic hydroxyl groups excluding tert-OH is 1. The van der Waals surface area contributed by atoms with Crippen molar-refractivity contribution in [1.82, 2.24) is 5.32 Å². The van der Waals surface area contributed by atoms with Crippen LogP contribution in [0.3, 0.4) is 0 Å². The molecule has 0 saturated heterocycles. The Morgan fingerprint density at radius 1 is 1.30 bits per heavy atom. The Morgan fingerprint density at radius 2 is 1.95 bits per heavy atom. The summed E-state index contributed by atoms with van der Waals surface area (Å²) in [5.74, 6) is 0.442. The zero-order valence-electron chi connectivity index (χ0n) is 12.6. The molecule has 0 fully saturated rings. The third kappa shape index (κ3) is 4.84. The van der Waals surface area contributed by atoms with E-state index in [2.05, 4.69) is 5.32 Å². The topological polar surface area (TPSA) is 49.3 Å². The van der Waals surface area contributed by atoms with Crippen LogP contribution in [0, 0.1) is 12.3 Å². The standard InChI is InChI=1S/C16H25NO2S/c1-4-16(5-2,12-18)11-17-15(19)10-20-14-9-7-6-8-13(14)3/h6-9,18H,4-5,10-12H2,1-3H3,(H,17,19). The molecule has 112 valence electrons. The van der Waals surface area contributed by atoms with Crippen molar-refractivity contribution in [3.63, 3.8) is 0 Å². The summed E-state index contributed by atoms with van der Waals surface area (Å²) >= 11 is 1.55. The van der Waals surface area contributed by atoms with E-state index in [9.17, 15) is 9.90 Å². The van der Waals surface area contributed by atoms with Gasteiger partial charge in [-0.2, -0.15) is 0 Å². The molecule has 1 aromatic rings. The molecule has 1 aromatic carbocycles. The average molecular weight is 295 g/mol. The van der Waals surface area contributed by atoms with Gasteiger partial charge in [-0.25, -0.2) is 0 Å². The van der Waals surface area contributed by atoms with Crippen molar-refractivity contribution in [3.8, 4) is 0 Å².